The largest absolute Gasteiger partial charge is 0.505 e. The van der Waals surface area contributed by atoms with Crippen molar-refractivity contribution in [3.63, 3.8) is 0 Å². The van der Waals surface area contributed by atoms with Gasteiger partial charge in [0.05, 0.1) is 10.0 Å². The Morgan fingerprint density at radius 2 is 1.59 bits per heavy atom. The van der Waals surface area contributed by atoms with Crippen LogP contribution in [0.2, 0.25) is 10.0 Å². The lowest BCUT2D eigenvalue weighted by atomic mass is 10.0. The molecule has 0 saturated carbocycles. The van der Waals surface area contributed by atoms with Crippen molar-refractivity contribution in [2.45, 2.75) is 0 Å². The fourth-order valence-electron chi connectivity index (χ4n) is 1.43. The summed E-state index contributed by atoms with van der Waals surface area (Å²) in [6.45, 7) is 0. The van der Waals surface area contributed by atoms with Gasteiger partial charge in [-0.1, -0.05) is 29.3 Å². The summed E-state index contributed by atoms with van der Waals surface area (Å²) < 4.78 is 26.7. The van der Waals surface area contributed by atoms with Gasteiger partial charge in [0.2, 0.25) is 5.82 Å². The predicted molar refractivity (Wildman–Crippen MR) is 63.5 cm³/mol. The van der Waals surface area contributed by atoms with E-state index in [1.807, 2.05) is 0 Å². The normalized spacial score (nSPS) is 10.6. The van der Waals surface area contributed by atoms with E-state index < -0.39 is 17.4 Å². The smallest absolute Gasteiger partial charge is 0.200 e. The Hall–Kier alpha value is -1.32. The minimum Gasteiger partial charge on any atom is -0.505 e. The molecule has 0 unspecified atom stereocenters. The number of hydrogen-bond donors (Lipinski definition) is 1. The first-order chi connectivity index (χ1) is 8.00. The SMILES string of the molecule is Oc1ccc(-c2ccc(Cl)c(Cl)c2)c(F)c1F. The molecule has 0 atom stereocenters. The highest BCUT2D eigenvalue weighted by molar-refractivity contribution is 6.42. The molecule has 0 aliphatic rings. The number of hydrogen-bond acceptors (Lipinski definition) is 1. The first kappa shape index (κ1) is 12.1. The molecule has 0 aliphatic carbocycles. The first-order valence-electron chi connectivity index (χ1n) is 4.63. The Kier molecular flexibility index (Phi) is 3.22. The van der Waals surface area contributed by atoms with Crippen molar-refractivity contribution in [3.8, 4) is 16.9 Å². The predicted octanol–water partition coefficient (Wildman–Crippen LogP) is 4.64. The van der Waals surface area contributed by atoms with Crippen LogP contribution in [0.4, 0.5) is 8.78 Å². The number of halogens is 4. The van der Waals surface area contributed by atoms with Crippen LogP contribution in [0.5, 0.6) is 5.75 Å². The molecule has 0 aliphatic heterocycles. The molecule has 0 fully saturated rings. The van der Waals surface area contributed by atoms with Gasteiger partial charge in [-0.25, -0.2) is 4.39 Å². The average molecular weight is 275 g/mol. The topological polar surface area (TPSA) is 20.2 Å². The molecule has 0 aromatic heterocycles. The van der Waals surface area contributed by atoms with Gasteiger partial charge < -0.3 is 5.11 Å². The van der Waals surface area contributed by atoms with Crippen LogP contribution in [0.25, 0.3) is 11.1 Å². The third-order valence-corrected chi connectivity index (χ3v) is 3.03. The van der Waals surface area contributed by atoms with Gasteiger partial charge in [0, 0.05) is 5.56 Å². The Labute approximate surface area is 106 Å². The van der Waals surface area contributed by atoms with Crippen molar-refractivity contribution < 1.29 is 13.9 Å². The van der Waals surface area contributed by atoms with Crippen molar-refractivity contribution >= 4 is 23.2 Å². The quantitative estimate of drug-likeness (QED) is 0.803. The second-order valence-corrected chi connectivity index (χ2v) is 4.20. The van der Waals surface area contributed by atoms with E-state index in [2.05, 4.69) is 0 Å². The molecule has 5 heteroatoms. The summed E-state index contributed by atoms with van der Waals surface area (Å²) in [5.41, 5.74) is 0.398. The lowest BCUT2D eigenvalue weighted by Gasteiger charge is -2.06. The van der Waals surface area contributed by atoms with Gasteiger partial charge >= 0.3 is 0 Å². The summed E-state index contributed by atoms with van der Waals surface area (Å²) in [4.78, 5) is 0. The van der Waals surface area contributed by atoms with Crippen molar-refractivity contribution in [1.29, 1.82) is 0 Å². The zero-order valence-corrected chi connectivity index (χ0v) is 9.86. The standard InChI is InChI=1S/C12H6Cl2F2O/c13-8-3-1-6(5-9(8)14)7-2-4-10(17)12(16)11(7)15/h1-5,17H. The molecule has 1 N–H and O–H groups in total. The molecule has 0 bridgehead atoms. The van der Waals surface area contributed by atoms with Gasteiger partial charge in [-0.3, -0.25) is 0 Å². The van der Waals surface area contributed by atoms with Crippen LogP contribution in [0, 0.1) is 11.6 Å². The summed E-state index contributed by atoms with van der Waals surface area (Å²) in [5.74, 6) is -3.14. The zero-order chi connectivity index (χ0) is 12.6. The molecular weight excluding hydrogens is 269 g/mol. The molecule has 88 valence electrons. The first-order valence-corrected chi connectivity index (χ1v) is 5.38. The number of aromatic hydroxyl groups is 1. The summed E-state index contributed by atoms with van der Waals surface area (Å²) in [5, 5.41) is 9.58. The molecule has 2 aromatic carbocycles. The maximum absolute atomic E-state index is 13.6. The van der Waals surface area contributed by atoms with Crippen LogP contribution in [0.1, 0.15) is 0 Å². The van der Waals surface area contributed by atoms with Gasteiger partial charge in [-0.2, -0.15) is 4.39 Å². The van der Waals surface area contributed by atoms with Gasteiger partial charge in [0.15, 0.2) is 11.6 Å². The Morgan fingerprint density at radius 3 is 2.24 bits per heavy atom. The second-order valence-electron chi connectivity index (χ2n) is 3.39. The summed E-state index contributed by atoms with van der Waals surface area (Å²) >= 11 is 11.5. The van der Waals surface area contributed by atoms with Crippen molar-refractivity contribution in [2.24, 2.45) is 0 Å². The Balaban J connectivity index is 2.61. The van der Waals surface area contributed by atoms with E-state index in [0.29, 0.717) is 10.6 Å². The van der Waals surface area contributed by atoms with Crippen molar-refractivity contribution in [1.82, 2.24) is 0 Å². The van der Waals surface area contributed by atoms with E-state index in [-0.39, 0.29) is 10.6 Å². The van der Waals surface area contributed by atoms with Crippen LogP contribution in [-0.4, -0.2) is 5.11 Å². The average Bonchev–Trinajstić information content (AvgIpc) is 2.30. The number of phenols is 1. The van der Waals surface area contributed by atoms with Gasteiger partial charge in [-0.05, 0) is 29.8 Å². The Bertz CT molecular complexity index is 585. The van der Waals surface area contributed by atoms with E-state index in [1.54, 1.807) is 0 Å². The summed E-state index contributed by atoms with van der Waals surface area (Å²) in [6.07, 6.45) is 0. The highest BCUT2D eigenvalue weighted by atomic mass is 35.5. The molecule has 2 aromatic rings. The van der Waals surface area contributed by atoms with E-state index in [4.69, 9.17) is 28.3 Å². The van der Waals surface area contributed by atoms with Gasteiger partial charge in [-0.15, -0.1) is 0 Å². The molecule has 0 radical (unpaired) electrons. The number of benzene rings is 2. The van der Waals surface area contributed by atoms with Crippen molar-refractivity contribution in [3.05, 3.63) is 52.0 Å². The maximum Gasteiger partial charge on any atom is 0.200 e. The Morgan fingerprint density at radius 1 is 0.882 bits per heavy atom. The third-order valence-electron chi connectivity index (χ3n) is 2.29. The molecule has 1 nitrogen and oxygen atoms in total. The molecule has 0 amide bonds. The van der Waals surface area contributed by atoms with Crippen LogP contribution >= 0.6 is 23.2 Å². The monoisotopic (exact) mass is 274 g/mol. The van der Waals surface area contributed by atoms with Crippen LogP contribution < -0.4 is 0 Å². The van der Waals surface area contributed by atoms with Crippen LogP contribution in [0.3, 0.4) is 0 Å². The second kappa shape index (κ2) is 4.51. The molecule has 17 heavy (non-hydrogen) atoms. The highest BCUT2D eigenvalue weighted by Crippen LogP contribution is 2.32. The molecule has 0 spiro atoms. The maximum atomic E-state index is 13.6. The van der Waals surface area contributed by atoms with E-state index >= 15 is 0 Å². The number of phenolic OH excluding ortho intramolecular Hbond substituents is 1. The van der Waals surface area contributed by atoms with E-state index in [0.717, 1.165) is 6.07 Å². The fraction of sp³-hybridized carbons (Fsp3) is 0. The minimum absolute atomic E-state index is 0.0128. The highest BCUT2D eigenvalue weighted by Gasteiger charge is 2.14. The lowest BCUT2D eigenvalue weighted by Crippen LogP contribution is -1.90. The van der Waals surface area contributed by atoms with Gasteiger partial charge in [0.25, 0.3) is 0 Å². The van der Waals surface area contributed by atoms with E-state index in [9.17, 15) is 8.78 Å². The molecule has 0 heterocycles. The molecular formula is C12H6Cl2F2O. The number of rotatable bonds is 1. The van der Waals surface area contributed by atoms with Crippen molar-refractivity contribution in [2.75, 3.05) is 0 Å². The molecule has 0 saturated heterocycles. The van der Waals surface area contributed by atoms with Crippen LogP contribution in [-0.2, 0) is 0 Å². The van der Waals surface area contributed by atoms with E-state index in [1.165, 1.54) is 24.3 Å². The lowest BCUT2D eigenvalue weighted by molar-refractivity contribution is 0.408. The molecule has 2 rings (SSSR count). The zero-order valence-electron chi connectivity index (χ0n) is 8.35. The summed E-state index contributed by atoms with van der Waals surface area (Å²) in [7, 11) is 0. The summed E-state index contributed by atoms with van der Waals surface area (Å²) in [6, 6.07) is 6.79. The van der Waals surface area contributed by atoms with Gasteiger partial charge in [0.1, 0.15) is 0 Å². The third kappa shape index (κ3) is 2.21. The fourth-order valence-corrected chi connectivity index (χ4v) is 1.72. The minimum atomic E-state index is -1.28. The van der Waals surface area contributed by atoms with Crippen LogP contribution in [0.15, 0.2) is 30.3 Å².